The maximum atomic E-state index is 12.1. The van der Waals surface area contributed by atoms with Crippen molar-refractivity contribution in [1.29, 1.82) is 0 Å². The molecule has 0 spiro atoms. The molecule has 0 aliphatic carbocycles. The normalized spacial score (nSPS) is 15.8. The van der Waals surface area contributed by atoms with Crippen molar-refractivity contribution in [3.63, 3.8) is 0 Å². The largest absolute Gasteiger partial charge is 0.493 e. The third-order valence-electron chi connectivity index (χ3n) is 3.80. The molecule has 1 fully saturated rings. The molecule has 0 saturated carbocycles. The number of benzene rings is 2. The van der Waals surface area contributed by atoms with Crippen molar-refractivity contribution in [2.45, 2.75) is 6.54 Å². The number of methoxy groups -OCH3 is 2. The summed E-state index contributed by atoms with van der Waals surface area (Å²) in [6, 6.07) is 15.3. The van der Waals surface area contributed by atoms with Gasteiger partial charge in [-0.05, 0) is 29.3 Å². The lowest BCUT2D eigenvalue weighted by Gasteiger charge is -2.14. The molecule has 1 amide bonds. The van der Waals surface area contributed by atoms with Crippen LogP contribution in [0.25, 0.3) is 0 Å². The van der Waals surface area contributed by atoms with Crippen LogP contribution in [-0.2, 0) is 11.3 Å². The highest BCUT2D eigenvalue weighted by molar-refractivity contribution is 8.15. The summed E-state index contributed by atoms with van der Waals surface area (Å²) < 4.78 is 10.5. The lowest BCUT2D eigenvalue weighted by atomic mass is 10.2. The summed E-state index contributed by atoms with van der Waals surface area (Å²) in [5.74, 6) is 1.71. The molecule has 7 heteroatoms. The van der Waals surface area contributed by atoms with Gasteiger partial charge in [0.15, 0.2) is 16.7 Å². The second kappa shape index (κ2) is 8.53. The summed E-state index contributed by atoms with van der Waals surface area (Å²) in [5.41, 5.74) is 1.89. The van der Waals surface area contributed by atoms with Gasteiger partial charge in [0.05, 0.1) is 32.7 Å². The number of hydrogen-bond donors (Lipinski definition) is 0. The Hall–Kier alpha value is -2.80. The molecule has 134 valence electrons. The molecule has 0 N–H and O–H groups in total. The molecule has 0 unspecified atom stereocenters. The number of nitrogens with zero attached hydrogens (tertiary/aromatic N) is 3. The minimum Gasteiger partial charge on any atom is -0.493 e. The Labute approximate surface area is 156 Å². The van der Waals surface area contributed by atoms with E-state index in [1.54, 1.807) is 25.3 Å². The van der Waals surface area contributed by atoms with Gasteiger partial charge >= 0.3 is 0 Å². The maximum absolute atomic E-state index is 12.1. The molecule has 1 aliphatic heterocycles. The van der Waals surface area contributed by atoms with Crippen LogP contribution in [0, 0.1) is 0 Å². The molecule has 1 aliphatic rings. The second-order valence-electron chi connectivity index (χ2n) is 5.50. The van der Waals surface area contributed by atoms with Crippen LogP contribution in [0.1, 0.15) is 11.1 Å². The van der Waals surface area contributed by atoms with Crippen LogP contribution in [0.15, 0.2) is 58.7 Å². The molecule has 3 rings (SSSR count). The third-order valence-corrected chi connectivity index (χ3v) is 4.75. The summed E-state index contributed by atoms with van der Waals surface area (Å²) in [5, 5.41) is 8.97. The topological polar surface area (TPSA) is 63.5 Å². The predicted octanol–water partition coefficient (Wildman–Crippen LogP) is 3.17. The van der Waals surface area contributed by atoms with Crippen molar-refractivity contribution < 1.29 is 14.3 Å². The van der Waals surface area contributed by atoms with Crippen LogP contribution in [0.5, 0.6) is 11.5 Å². The molecule has 2 aromatic rings. The zero-order valence-corrected chi connectivity index (χ0v) is 15.4. The average molecular weight is 369 g/mol. The Morgan fingerprint density at radius 1 is 1.12 bits per heavy atom. The van der Waals surface area contributed by atoms with Crippen molar-refractivity contribution >= 4 is 29.1 Å². The number of amidine groups is 1. The van der Waals surface area contributed by atoms with E-state index in [1.165, 1.54) is 11.8 Å². The smallest absolute Gasteiger partial charge is 0.239 e. The number of amides is 1. The summed E-state index contributed by atoms with van der Waals surface area (Å²) in [6.07, 6.45) is 1.62. The van der Waals surface area contributed by atoms with Crippen LogP contribution in [-0.4, -0.2) is 42.2 Å². The third kappa shape index (κ3) is 4.23. The van der Waals surface area contributed by atoms with Crippen LogP contribution in [0.4, 0.5) is 0 Å². The van der Waals surface area contributed by atoms with E-state index in [1.807, 2.05) is 48.5 Å². The van der Waals surface area contributed by atoms with Crippen molar-refractivity contribution in [1.82, 2.24) is 4.90 Å². The van der Waals surface area contributed by atoms with Crippen LogP contribution < -0.4 is 9.47 Å². The van der Waals surface area contributed by atoms with E-state index in [4.69, 9.17) is 9.47 Å². The number of carbonyl (C=O) groups excluding carboxylic acids is 1. The number of hydrogen-bond acceptors (Lipinski definition) is 6. The minimum atomic E-state index is 0.0407. The van der Waals surface area contributed by atoms with Gasteiger partial charge in [0.25, 0.3) is 0 Å². The second-order valence-corrected chi connectivity index (χ2v) is 6.44. The van der Waals surface area contributed by atoms with Crippen LogP contribution in [0.3, 0.4) is 0 Å². The highest BCUT2D eigenvalue weighted by Crippen LogP contribution is 2.27. The average Bonchev–Trinajstić information content (AvgIpc) is 3.02. The Morgan fingerprint density at radius 2 is 1.88 bits per heavy atom. The first-order valence-corrected chi connectivity index (χ1v) is 9.00. The van der Waals surface area contributed by atoms with E-state index in [9.17, 15) is 4.79 Å². The minimum absolute atomic E-state index is 0.0407. The summed E-state index contributed by atoms with van der Waals surface area (Å²) in [7, 11) is 3.18. The van der Waals surface area contributed by atoms with Gasteiger partial charge in [-0.25, -0.2) is 0 Å². The molecule has 1 saturated heterocycles. The van der Waals surface area contributed by atoms with Gasteiger partial charge in [-0.1, -0.05) is 42.1 Å². The van der Waals surface area contributed by atoms with E-state index in [-0.39, 0.29) is 5.91 Å². The van der Waals surface area contributed by atoms with Gasteiger partial charge in [0, 0.05) is 0 Å². The summed E-state index contributed by atoms with van der Waals surface area (Å²) in [6.45, 7) is 0.497. The molecule has 0 radical (unpaired) electrons. The van der Waals surface area contributed by atoms with Crippen molar-refractivity contribution in [3.8, 4) is 11.5 Å². The highest BCUT2D eigenvalue weighted by atomic mass is 32.2. The summed E-state index contributed by atoms with van der Waals surface area (Å²) in [4.78, 5) is 13.8. The molecule has 1 heterocycles. The summed E-state index contributed by atoms with van der Waals surface area (Å²) >= 11 is 1.39. The van der Waals surface area contributed by atoms with Gasteiger partial charge in [-0.15, -0.1) is 5.10 Å². The number of carbonyl (C=O) groups is 1. The predicted molar refractivity (Wildman–Crippen MR) is 104 cm³/mol. The Bertz CT molecular complexity index is 837. The van der Waals surface area contributed by atoms with Crippen molar-refractivity contribution in [3.05, 3.63) is 59.7 Å². The fourth-order valence-corrected chi connectivity index (χ4v) is 3.31. The van der Waals surface area contributed by atoms with Gasteiger partial charge in [0.2, 0.25) is 5.91 Å². The van der Waals surface area contributed by atoms with E-state index in [2.05, 4.69) is 10.2 Å². The monoisotopic (exact) mass is 369 g/mol. The van der Waals surface area contributed by atoms with Gasteiger partial charge in [-0.3, -0.25) is 9.69 Å². The molecule has 0 atom stereocenters. The Kier molecular flexibility index (Phi) is 5.91. The molecular formula is C19H19N3O3S. The molecule has 26 heavy (non-hydrogen) atoms. The standard InChI is InChI=1S/C19H19N3O3S/c1-24-16-9-8-15(10-17(16)25-2)11-20-21-19-22(18(23)13-26-19)12-14-6-4-3-5-7-14/h3-11H,12-13H2,1-2H3/b20-11-,21-19-. The zero-order valence-electron chi connectivity index (χ0n) is 14.6. The van der Waals surface area contributed by atoms with Gasteiger partial charge < -0.3 is 9.47 Å². The van der Waals surface area contributed by atoms with Crippen molar-refractivity contribution in [2.24, 2.45) is 10.2 Å². The molecular weight excluding hydrogens is 350 g/mol. The first-order valence-electron chi connectivity index (χ1n) is 8.01. The Balaban J connectivity index is 1.74. The van der Waals surface area contributed by atoms with E-state index < -0.39 is 0 Å². The first kappa shape index (κ1) is 18.0. The number of ether oxygens (including phenoxy) is 2. The van der Waals surface area contributed by atoms with E-state index >= 15 is 0 Å². The zero-order chi connectivity index (χ0) is 18.4. The first-order chi connectivity index (χ1) is 12.7. The lowest BCUT2D eigenvalue weighted by Crippen LogP contribution is -2.28. The van der Waals surface area contributed by atoms with E-state index in [0.717, 1.165) is 11.1 Å². The maximum Gasteiger partial charge on any atom is 0.239 e. The quantitative estimate of drug-likeness (QED) is 0.580. The molecule has 6 nitrogen and oxygen atoms in total. The van der Waals surface area contributed by atoms with Gasteiger partial charge in [-0.2, -0.15) is 5.10 Å². The lowest BCUT2D eigenvalue weighted by molar-refractivity contribution is -0.124. The van der Waals surface area contributed by atoms with E-state index in [0.29, 0.717) is 29.0 Å². The van der Waals surface area contributed by atoms with Crippen molar-refractivity contribution in [2.75, 3.05) is 20.0 Å². The molecule has 2 aromatic carbocycles. The van der Waals surface area contributed by atoms with Gasteiger partial charge in [0.1, 0.15) is 0 Å². The molecule has 0 aromatic heterocycles. The number of rotatable bonds is 6. The number of thioether (sulfide) groups is 1. The fourth-order valence-electron chi connectivity index (χ4n) is 2.47. The highest BCUT2D eigenvalue weighted by Gasteiger charge is 2.28. The van der Waals surface area contributed by atoms with Crippen LogP contribution >= 0.6 is 11.8 Å². The van der Waals surface area contributed by atoms with Crippen LogP contribution in [0.2, 0.25) is 0 Å². The SMILES string of the molecule is COc1ccc(/C=N\N=C2/SCC(=O)N2Cc2ccccc2)cc1OC. The Morgan fingerprint density at radius 3 is 2.62 bits per heavy atom. The molecule has 0 bridgehead atoms. The fraction of sp³-hybridized carbons (Fsp3) is 0.211.